The molecule has 0 spiro atoms. The second-order valence-electron chi connectivity index (χ2n) is 5.37. The first-order chi connectivity index (χ1) is 7.74. The maximum Gasteiger partial charge on any atom is 0.225 e. The Morgan fingerprint density at radius 1 is 1.38 bits per heavy atom. The zero-order valence-corrected chi connectivity index (χ0v) is 9.74. The summed E-state index contributed by atoms with van der Waals surface area (Å²) in [6.07, 6.45) is 4.58. The summed E-state index contributed by atoms with van der Waals surface area (Å²) in [6.45, 7) is 2.82. The van der Waals surface area contributed by atoms with Gasteiger partial charge in [0.05, 0.1) is 18.1 Å². The molecule has 3 rings (SSSR count). The van der Waals surface area contributed by atoms with Gasteiger partial charge in [-0.15, -0.1) is 0 Å². The maximum atomic E-state index is 12.1. The van der Waals surface area contributed by atoms with E-state index in [0.717, 1.165) is 19.4 Å². The zero-order chi connectivity index (χ0) is 11.1. The summed E-state index contributed by atoms with van der Waals surface area (Å²) in [7, 11) is 0. The molecule has 0 aromatic rings. The standard InChI is InChI=1S/C12H20N2O2/c1-7-10(4-5-16-7)14-12(15)9-6-8-2-3-11(9)13-8/h7-11,13H,2-6H2,1H3,(H,14,15). The van der Waals surface area contributed by atoms with Gasteiger partial charge in [-0.2, -0.15) is 0 Å². The normalized spacial score (nSPS) is 46.2. The molecule has 1 amide bonds. The van der Waals surface area contributed by atoms with Crippen molar-refractivity contribution in [2.24, 2.45) is 5.92 Å². The first-order valence-electron chi connectivity index (χ1n) is 6.42. The maximum absolute atomic E-state index is 12.1. The molecule has 3 aliphatic heterocycles. The van der Waals surface area contributed by atoms with Crippen molar-refractivity contribution in [1.29, 1.82) is 0 Å². The van der Waals surface area contributed by atoms with Gasteiger partial charge in [-0.1, -0.05) is 0 Å². The van der Waals surface area contributed by atoms with E-state index >= 15 is 0 Å². The number of carbonyl (C=O) groups is 1. The Labute approximate surface area is 96.1 Å². The second-order valence-corrected chi connectivity index (χ2v) is 5.37. The molecule has 4 nitrogen and oxygen atoms in total. The highest BCUT2D eigenvalue weighted by atomic mass is 16.5. The minimum atomic E-state index is 0.176. The number of carbonyl (C=O) groups excluding carboxylic acids is 1. The molecule has 0 saturated carbocycles. The minimum absolute atomic E-state index is 0.176. The van der Waals surface area contributed by atoms with Crippen molar-refractivity contribution in [3.05, 3.63) is 0 Å². The van der Waals surface area contributed by atoms with E-state index in [0.29, 0.717) is 12.1 Å². The average Bonchev–Trinajstić information content (AvgIpc) is 2.95. The Morgan fingerprint density at radius 2 is 2.25 bits per heavy atom. The smallest absolute Gasteiger partial charge is 0.225 e. The zero-order valence-electron chi connectivity index (χ0n) is 9.74. The summed E-state index contributed by atoms with van der Waals surface area (Å²) in [5.74, 6) is 0.439. The van der Waals surface area contributed by atoms with E-state index in [2.05, 4.69) is 10.6 Å². The number of amides is 1. The molecule has 2 N–H and O–H groups in total. The van der Waals surface area contributed by atoms with Gasteiger partial charge in [0.1, 0.15) is 0 Å². The summed E-state index contributed by atoms with van der Waals surface area (Å²) >= 11 is 0. The van der Waals surface area contributed by atoms with Gasteiger partial charge in [-0.25, -0.2) is 0 Å². The molecular formula is C12H20N2O2. The van der Waals surface area contributed by atoms with E-state index in [1.54, 1.807) is 0 Å². The molecule has 0 aromatic heterocycles. The predicted octanol–water partition coefficient (Wildman–Crippen LogP) is 0.421. The van der Waals surface area contributed by atoms with Crippen LogP contribution in [0.4, 0.5) is 0 Å². The van der Waals surface area contributed by atoms with Gasteiger partial charge in [0.15, 0.2) is 0 Å². The van der Waals surface area contributed by atoms with Gasteiger partial charge in [0.2, 0.25) is 5.91 Å². The van der Waals surface area contributed by atoms with Crippen molar-refractivity contribution in [2.45, 2.75) is 56.8 Å². The highest BCUT2D eigenvalue weighted by Gasteiger charge is 2.43. The van der Waals surface area contributed by atoms with E-state index in [1.807, 2.05) is 6.92 Å². The lowest BCUT2D eigenvalue weighted by atomic mass is 9.88. The molecule has 5 unspecified atom stereocenters. The van der Waals surface area contributed by atoms with Gasteiger partial charge < -0.3 is 15.4 Å². The van der Waals surface area contributed by atoms with Crippen molar-refractivity contribution in [3.63, 3.8) is 0 Å². The van der Waals surface area contributed by atoms with Crippen LogP contribution in [0.1, 0.15) is 32.6 Å². The molecule has 4 heteroatoms. The highest BCUT2D eigenvalue weighted by molar-refractivity contribution is 5.80. The fourth-order valence-corrected chi connectivity index (χ4v) is 3.32. The molecule has 90 valence electrons. The Bertz CT molecular complexity index is 295. The number of hydrogen-bond donors (Lipinski definition) is 2. The summed E-state index contributed by atoms with van der Waals surface area (Å²) < 4.78 is 5.46. The van der Waals surface area contributed by atoms with Gasteiger partial charge in [0, 0.05) is 18.7 Å². The second kappa shape index (κ2) is 4.00. The van der Waals surface area contributed by atoms with Crippen molar-refractivity contribution in [3.8, 4) is 0 Å². The molecule has 3 saturated heterocycles. The number of hydrogen-bond acceptors (Lipinski definition) is 3. The lowest BCUT2D eigenvalue weighted by Crippen LogP contribution is -2.45. The first kappa shape index (κ1) is 10.5. The first-order valence-corrected chi connectivity index (χ1v) is 6.42. The lowest BCUT2D eigenvalue weighted by Gasteiger charge is -2.23. The monoisotopic (exact) mass is 224 g/mol. The van der Waals surface area contributed by atoms with Crippen LogP contribution in [0.2, 0.25) is 0 Å². The van der Waals surface area contributed by atoms with Gasteiger partial charge in [-0.05, 0) is 32.6 Å². The van der Waals surface area contributed by atoms with Crippen molar-refractivity contribution in [2.75, 3.05) is 6.61 Å². The molecule has 16 heavy (non-hydrogen) atoms. The van der Waals surface area contributed by atoms with Crippen molar-refractivity contribution < 1.29 is 9.53 Å². The van der Waals surface area contributed by atoms with Gasteiger partial charge in [0.25, 0.3) is 0 Å². The number of rotatable bonds is 2. The van der Waals surface area contributed by atoms with Crippen LogP contribution in [0.15, 0.2) is 0 Å². The van der Waals surface area contributed by atoms with Crippen LogP contribution in [0.5, 0.6) is 0 Å². The Kier molecular flexibility index (Phi) is 2.64. The Hall–Kier alpha value is -0.610. The van der Waals surface area contributed by atoms with Crippen LogP contribution in [0.3, 0.4) is 0 Å². The predicted molar refractivity (Wildman–Crippen MR) is 60.0 cm³/mol. The SMILES string of the molecule is CC1OCCC1NC(=O)C1CC2CCC1N2. The number of fused-ring (bicyclic) bond motifs is 2. The number of ether oxygens (including phenoxy) is 1. The van der Waals surface area contributed by atoms with E-state index < -0.39 is 0 Å². The molecule has 2 bridgehead atoms. The van der Waals surface area contributed by atoms with Crippen LogP contribution in [0, 0.1) is 5.92 Å². The topological polar surface area (TPSA) is 50.4 Å². The van der Waals surface area contributed by atoms with E-state index in [4.69, 9.17) is 4.74 Å². The average molecular weight is 224 g/mol. The molecule has 5 atom stereocenters. The van der Waals surface area contributed by atoms with E-state index in [-0.39, 0.29) is 24.0 Å². The quantitative estimate of drug-likeness (QED) is 0.715. The lowest BCUT2D eigenvalue weighted by molar-refractivity contribution is -0.126. The summed E-state index contributed by atoms with van der Waals surface area (Å²) in [5.41, 5.74) is 0. The van der Waals surface area contributed by atoms with Crippen molar-refractivity contribution in [1.82, 2.24) is 10.6 Å². The summed E-state index contributed by atoms with van der Waals surface area (Å²) in [4.78, 5) is 12.1. The third-order valence-corrected chi connectivity index (χ3v) is 4.34. The molecule has 0 aromatic carbocycles. The van der Waals surface area contributed by atoms with Crippen molar-refractivity contribution >= 4 is 5.91 Å². The Balaban J connectivity index is 1.57. The molecular weight excluding hydrogens is 204 g/mol. The van der Waals surface area contributed by atoms with Crippen LogP contribution in [-0.2, 0) is 9.53 Å². The molecule has 0 radical (unpaired) electrons. The number of nitrogens with one attached hydrogen (secondary N) is 2. The van der Waals surface area contributed by atoms with Crippen LogP contribution in [0.25, 0.3) is 0 Å². The molecule has 3 heterocycles. The third-order valence-electron chi connectivity index (χ3n) is 4.34. The summed E-state index contributed by atoms with van der Waals surface area (Å²) in [5, 5.41) is 6.65. The fourth-order valence-electron chi connectivity index (χ4n) is 3.32. The molecule has 0 aliphatic carbocycles. The molecule has 3 aliphatic rings. The van der Waals surface area contributed by atoms with Crippen LogP contribution >= 0.6 is 0 Å². The fraction of sp³-hybridized carbons (Fsp3) is 0.917. The summed E-state index contributed by atoms with van der Waals surface area (Å²) in [6, 6.07) is 1.26. The van der Waals surface area contributed by atoms with E-state index in [9.17, 15) is 4.79 Å². The van der Waals surface area contributed by atoms with Crippen LogP contribution < -0.4 is 10.6 Å². The highest BCUT2D eigenvalue weighted by Crippen LogP contribution is 2.33. The molecule has 3 fully saturated rings. The van der Waals surface area contributed by atoms with E-state index in [1.165, 1.54) is 12.8 Å². The van der Waals surface area contributed by atoms with Gasteiger partial charge >= 0.3 is 0 Å². The minimum Gasteiger partial charge on any atom is -0.376 e. The van der Waals surface area contributed by atoms with Gasteiger partial charge in [-0.3, -0.25) is 4.79 Å². The Morgan fingerprint density at radius 3 is 2.81 bits per heavy atom. The third kappa shape index (κ3) is 1.74. The largest absolute Gasteiger partial charge is 0.376 e. The van der Waals surface area contributed by atoms with Crippen LogP contribution in [-0.4, -0.2) is 36.7 Å².